The Hall–Kier alpha value is -0.720. The van der Waals surface area contributed by atoms with E-state index in [1.54, 1.807) is 41.8 Å². The highest BCUT2D eigenvalue weighted by Crippen LogP contribution is 2.26. The third kappa shape index (κ3) is 3.93. The lowest BCUT2D eigenvalue weighted by molar-refractivity contribution is -0.147. The summed E-state index contributed by atoms with van der Waals surface area (Å²) >= 11 is 11.0. The first-order valence-corrected chi connectivity index (χ1v) is 8.87. The van der Waals surface area contributed by atoms with Gasteiger partial charge in [0.1, 0.15) is 6.04 Å². The Morgan fingerprint density at radius 2 is 2.29 bits per heavy atom. The Kier molecular flexibility index (Phi) is 5.96. The average Bonchev–Trinajstić information content (AvgIpc) is 2.49. The number of thioether (sulfide) groups is 1. The molecule has 1 aliphatic heterocycles. The Balaban J connectivity index is 2.21. The summed E-state index contributed by atoms with van der Waals surface area (Å²) in [4.78, 5) is 26.2. The number of nitrogens with zero attached hydrogens (tertiary/aromatic N) is 1. The molecule has 1 aromatic carbocycles. The van der Waals surface area contributed by atoms with Crippen LogP contribution in [0.15, 0.2) is 22.7 Å². The summed E-state index contributed by atoms with van der Waals surface area (Å²) < 4.78 is 5.79. The first kappa shape index (κ1) is 16.6. The van der Waals surface area contributed by atoms with Crippen LogP contribution in [0.1, 0.15) is 17.3 Å². The lowest BCUT2D eigenvalue weighted by Gasteiger charge is -2.33. The molecule has 0 aliphatic carbocycles. The zero-order valence-corrected chi connectivity index (χ0v) is 14.6. The average molecular weight is 393 g/mol. The summed E-state index contributed by atoms with van der Waals surface area (Å²) in [5.74, 6) is 0.838. The van der Waals surface area contributed by atoms with Crippen molar-refractivity contribution in [2.75, 3.05) is 24.7 Å². The quantitative estimate of drug-likeness (QED) is 0.741. The highest BCUT2D eigenvalue weighted by atomic mass is 79.9. The van der Waals surface area contributed by atoms with E-state index in [0.29, 0.717) is 29.5 Å². The molecule has 0 aromatic heterocycles. The van der Waals surface area contributed by atoms with E-state index < -0.39 is 6.04 Å². The minimum absolute atomic E-state index is 0.192. The fourth-order valence-corrected chi connectivity index (χ4v) is 3.53. The van der Waals surface area contributed by atoms with Gasteiger partial charge in [0.25, 0.3) is 5.91 Å². The molecule has 114 valence electrons. The van der Waals surface area contributed by atoms with Gasteiger partial charge in [-0.1, -0.05) is 11.6 Å². The van der Waals surface area contributed by atoms with Crippen molar-refractivity contribution in [1.82, 2.24) is 4.90 Å². The van der Waals surface area contributed by atoms with Crippen LogP contribution in [0.5, 0.6) is 0 Å². The molecule has 7 heteroatoms. The van der Waals surface area contributed by atoms with E-state index in [4.69, 9.17) is 16.3 Å². The molecule has 1 saturated heterocycles. The van der Waals surface area contributed by atoms with Crippen molar-refractivity contribution in [1.29, 1.82) is 0 Å². The molecule has 0 N–H and O–H groups in total. The van der Waals surface area contributed by atoms with Crippen LogP contribution in [0.2, 0.25) is 5.02 Å². The van der Waals surface area contributed by atoms with Crippen molar-refractivity contribution in [2.24, 2.45) is 0 Å². The first-order chi connectivity index (χ1) is 10.0. The number of halogens is 2. The van der Waals surface area contributed by atoms with Gasteiger partial charge in [-0.05, 0) is 41.1 Å². The van der Waals surface area contributed by atoms with Crippen LogP contribution < -0.4 is 0 Å². The summed E-state index contributed by atoms with van der Waals surface area (Å²) in [7, 11) is 0. The number of rotatable bonds is 3. The summed E-state index contributed by atoms with van der Waals surface area (Å²) in [6.45, 7) is 2.60. The molecule has 2 rings (SSSR count). The lowest BCUT2D eigenvalue weighted by atomic mass is 10.1. The predicted octanol–water partition coefficient (Wildman–Crippen LogP) is 3.22. The maximum absolute atomic E-state index is 12.6. The summed E-state index contributed by atoms with van der Waals surface area (Å²) in [5.41, 5.74) is 0.476. The zero-order chi connectivity index (χ0) is 15.4. The van der Waals surface area contributed by atoms with Gasteiger partial charge in [0.15, 0.2) is 0 Å². The normalized spacial score (nSPS) is 18.4. The van der Waals surface area contributed by atoms with Gasteiger partial charge in [0.2, 0.25) is 0 Å². The Morgan fingerprint density at radius 1 is 1.52 bits per heavy atom. The predicted molar refractivity (Wildman–Crippen MR) is 87.9 cm³/mol. The number of esters is 1. The van der Waals surface area contributed by atoms with Crippen LogP contribution in [-0.2, 0) is 9.53 Å². The second-order valence-electron chi connectivity index (χ2n) is 4.47. The number of amides is 1. The molecule has 0 radical (unpaired) electrons. The summed E-state index contributed by atoms with van der Waals surface area (Å²) in [6, 6.07) is 4.51. The van der Waals surface area contributed by atoms with Crippen LogP contribution in [0, 0.1) is 0 Å². The minimum atomic E-state index is -0.529. The van der Waals surface area contributed by atoms with Gasteiger partial charge in [0, 0.05) is 28.1 Å². The van der Waals surface area contributed by atoms with Crippen molar-refractivity contribution < 1.29 is 14.3 Å². The molecule has 4 nitrogen and oxygen atoms in total. The molecule has 21 heavy (non-hydrogen) atoms. The molecule has 0 spiro atoms. The molecule has 0 saturated carbocycles. The molecule has 1 aromatic rings. The Bertz CT molecular complexity index is 555. The lowest BCUT2D eigenvalue weighted by Crippen LogP contribution is -2.51. The smallest absolute Gasteiger partial charge is 0.329 e. The minimum Gasteiger partial charge on any atom is -0.464 e. The fourth-order valence-electron chi connectivity index (χ4n) is 2.08. The number of hydrogen-bond donors (Lipinski definition) is 0. The molecule has 1 atom stereocenters. The highest BCUT2D eigenvalue weighted by molar-refractivity contribution is 9.10. The van der Waals surface area contributed by atoms with Gasteiger partial charge in [-0.3, -0.25) is 4.79 Å². The van der Waals surface area contributed by atoms with Crippen molar-refractivity contribution in [2.45, 2.75) is 13.0 Å². The number of ether oxygens (including phenoxy) is 1. The standard InChI is InChI=1S/C14H15BrClNO3S/c1-2-20-14(19)12-8-21-6-5-17(12)13(18)9-3-4-10(15)11(16)7-9/h3-4,7,12H,2,5-6,8H2,1H3. The summed E-state index contributed by atoms with van der Waals surface area (Å²) in [5, 5.41) is 0.472. The second-order valence-corrected chi connectivity index (χ2v) is 6.88. The van der Waals surface area contributed by atoms with Crippen LogP contribution in [0.3, 0.4) is 0 Å². The van der Waals surface area contributed by atoms with E-state index in [-0.39, 0.29) is 11.9 Å². The molecule has 1 aliphatic rings. The fraction of sp³-hybridized carbons (Fsp3) is 0.429. The van der Waals surface area contributed by atoms with E-state index in [2.05, 4.69) is 15.9 Å². The highest BCUT2D eigenvalue weighted by Gasteiger charge is 2.34. The van der Waals surface area contributed by atoms with E-state index >= 15 is 0 Å². The molecular weight excluding hydrogens is 378 g/mol. The molecule has 1 heterocycles. The third-order valence-electron chi connectivity index (χ3n) is 3.11. The van der Waals surface area contributed by atoms with Gasteiger partial charge < -0.3 is 9.64 Å². The Morgan fingerprint density at radius 3 is 2.95 bits per heavy atom. The van der Waals surface area contributed by atoms with E-state index in [9.17, 15) is 9.59 Å². The van der Waals surface area contributed by atoms with Crippen molar-refractivity contribution in [3.8, 4) is 0 Å². The van der Waals surface area contributed by atoms with E-state index in [1.165, 1.54) is 0 Å². The van der Waals surface area contributed by atoms with Gasteiger partial charge in [-0.15, -0.1) is 0 Å². The number of carbonyl (C=O) groups is 2. The van der Waals surface area contributed by atoms with Crippen LogP contribution in [-0.4, -0.2) is 47.5 Å². The molecule has 1 unspecified atom stereocenters. The molecule has 1 amide bonds. The van der Waals surface area contributed by atoms with Crippen LogP contribution in [0.4, 0.5) is 0 Å². The first-order valence-electron chi connectivity index (χ1n) is 6.55. The van der Waals surface area contributed by atoms with Crippen molar-refractivity contribution >= 4 is 51.2 Å². The number of carbonyl (C=O) groups excluding carboxylic acids is 2. The van der Waals surface area contributed by atoms with E-state index in [0.717, 1.165) is 10.2 Å². The maximum Gasteiger partial charge on any atom is 0.329 e. The summed E-state index contributed by atoms with van der Waals surface area (Å²) in [6.07, 6.45) is 0. The monoisotopic (exact) mass is 391 g/mol. The SMILES string of the molecule is CCOC(=O)C1CSCCN1C(=O)c1ccc(Br)c(Cl)c1. The molecule has 0 bridgehead atoms. The zero-order valence-electron chi connectivity index (χ0n) is 11.5. The van der Waals surface area contributed by atoms with Gasteiger partial charge >= 0.3 is 5.97 Å². The number of hydrogen-bond acceptors (Lipinski definition) is 4. The van der Waals surface area contributed by atoms with Gasteiger partial charge in [0.05, 0.1) is 11.6 Å². The maximum atomic E-state index is 12.6. The second kappa shape index (κ2) is 7.51. The largest absolute Gasteiger partial charge is 0.464 e. The Labute approximate surface area is 141 Å². The van der Waals surface area contributed by atoms with Gasteiger partial charge in [-0.2, -0.15) is 11.8 Å². The van der Waals surface area contributed by atoms with E-state index in [1.807, 2.05) is 0 Å². The van der Waals surface area contributed by atoms with Crippen molar-refractivity contribution in [3.05, 3.63) is 33.3 Å². The van der Waals surface area contributed by atoms with Crippen LogP contribution in [0.25, 0.3) is 0 Å². The van der Waals surface area contributed by atoms with Gasteiger partial charge in [-0.25, -0.2) is 4.79 Å². The molecule has 1 fully saturated rings. The third-order valence-corrected chi connectivity index (χ3v) is 5.37. The van der Waals surface area contributed by atoms with Crippen LogP contribution >= 0.6 is 39.3 Å². The van der Waals surface area contributed by atoms with Crippen molar-refractivity contribution in [3.63, 3.8) is 0 Å². The number of benzene rings is 1. The molecular formula is C14H15BrClNO3S. The topological polar surface area (TPSA) is 46.6 Å².